The molecule has 0 aromatic carbocycles. The smallest absolute Gasteiger partial charge is 0.240 e. The summed E-state index contributed by atoms with van der Waals surface area (Å²) in [5.41, 5.74) is 0.215. The summed E-state index contributed by atoms with van der Waals surface area (Å²) in [5, 5.41) is 7.24. The average Bonchev–Trinajstić information content (AvgIpc) is 2.76. The normalized spacial score (nSPS) is 18.4. The molecule has 78 valence electrons. The molecule has 1 aromatic heterocycles. The minimum Gasteiger partial charge on any atom is -0.338 e. The van der Waals surface area contributed by atoms with Crippen LogP contribution in [-0.2, 0) is 12.0 Å². The molecular weight excluding hydrogens is 178 g/mol. The van der Waals surface area contributed by atoms with Crippen LogP contribution in [0.1, 0.15) is 44.8 Å². The Morgan fingerprint density at radius 2 is 2.29 bits per heavy atom. The van der Waals surface area contributed by atoms with E-state index in [4.69, 9.17) is 4.52 Å². The third-order valence-electron chi connectivity index (χ3n) is 2.71. The summed E-state index contributed by atoms with van der Waals surface area (Å²) in [6.07, 6.45) is 3.50. The highest BCUT2D eigenvalue weighted by Gasteiger charge is 2.43. The van der Waals surface area contributed by atoms with Gasteiger partial charge in [0.1, 0.15) is 0 Å². The third-order valence-corrected chi connectivity index (χ3v) is 2.71. The topological polar surface area (TPSA) is 51.0 Å². The Kier molecular flexibility index (Phi) is 2.54. The number of rotatable bonds is 5. The zero-order valence-corrected chi connectivity index (χ0v) is 8.84. The zero-order chi connectivity index (χ0) is 10.0. The molecule has 4 nitrogen and oxygen atoms in total. The second-order valence-corrected chi connectivity index (χ2v) is 4.25. The summed E-state index contributed by atoms with van der Waals surface area (Å²) in [4.78, 5) is 4.38. The third kappa shape index (κ3) is 1.95. The molecule has 1 aliphatic rings. The van der Waals surface area contributed by atoms with Crippen LogP contribution in [0, 0.1) is 0 Å². The lowest BCUT2D eigenvalue weighted by Crippen LogP contribution is -2.14. The summed E-state index contributed by atoms with van der Waals surface area (Å²) in [6, 6.07) is 0. The summed E-state index contributed by atoms with van der Waals surface area (Å²) in [7, 11) is 0. The van der Waals surface area contributed by atoms with Gasteiger partial charge in [0.25, 0.3) is 0 Å². The Morgan fingerprint density at radius 1 is 1.50 bits per heavy atom. The Balaban J connectivity index is 1.90. The van der Waals surface area contributed by atoms with Crippen molar-refractivity contribution in [3.63, 3.8) is 0 Å². The molecule has 1 saturated carbocycles. The van der Waals surface area contributed by atoms with Crippen LogP contribution in [-0.4, -0.2) is 16.7 Å². The first-order valence-corrected chi connectivity index (χ1v) is 5.28. The van der Waals surface area contributed by atoms with Crippen LogP contribution in [0.3, 0.4) is 0 Å². The van der Waals surface area contributed by atoms with Crippen LogP contribution in [0.5, 0.6) is 0 Å². The van der Waals surface area contributed by atoms with Gasteiger partial charge in [0.15, 0.2) is 5.82 Å². The Bertz CT molecular complexity index is 304. The number of nitrogens with zero attached hydrogens (tertiary/aromatic N) is 2. The van der Waals surface area contributed by atoms with Crippen molar-refractivity contribution in [3.8, 4) is 0 Å². The average molecular weight is 195 g/mol. The maximum atomic E-state index is 5.15. The molecule has 0 bridgehead atoms. The van der Waals surface area contributed by atoms with Gasteiger partial charge in [-0.1, -0.05) is 19.0 Å². The van der Waals surface area contributed by atoms with Crippen molar-refractivity contribution in [2.24, 2.45) is 0 Å². The van der Waals surface area contributed by atoms with E-state index in [0.717, 1.165) is 18.8 Å². The molecule has 1 aromatic rings. The minimum atomic E-state index is 0.215. The van der Waals surface area contributed by atoms with E-state index in [2.05, 4.69) is 29.3 Å². The van der Waals surface area contributed by atoms with Crippen molar-refractivity contribution in [3.05, 3.63) is 11.7 Å². The van der Waals surface area contributed by atoms with E-state index in [0.29, 0.717) is 12.4 Å². The van der Waals surface area contributed by atoms with Crippen LogP contribution < -0.4 is 5.32 Å². The van der Waals surface area contributed by atoms with Crippen LogP contribution in [0.2, 0.25) is 0 Å². The molecular formula is C10H17N3O. The molecule has 14 heavy (non-hydrogen) atoms. The standard InChI is InChI=1S/C10H17N3O/c1-3-6-11-7-8-12-9(13-14-8)10(2)4-5-10/h11H,3-7H2,1-2H3. The second kappa shape index (κ2) is 3.69. The van der Waals surface area contributed by atoms with E-state index < -0.39 is 0 Å². The van der Waals surface area contributed by atoms with E-state index in [-0.39, 0.29) is 5.41 Å². The fraction of sp³-hybridized carbons (Fsp3) is 0.800. The van der Waals surface area contributed by atoms with Gasteiger partial charge in [0.2, 0.25) is 5.89 Å². The van der Waals surface area contributed by atoms with Crippen LogP contribution in [0.25, 0.3) is 0 Å². The quantitative estimate of drug-likeness (QED) is 0.725. The van der Waals surface area contributed by atoms with Gasteiger partial charge in [-0.15, -0.1) is 0 Å². The van der Waals surface area contributed by atoms with Gasteiger partial charge < -0.3 is 9.84 Å². The van der Waals surface area contributed by atoms with Gasteiger partial charge in [-0.3, -0.25) is 0 Å². The fourth-order valence-electron chi connectivity index (χ4n) is 1.36. The summed E-state index contributed by atoms with van der Waals surface area (Å²) in [6.45, 7) is 6.00. The highest BCUT2D eigenvalue weighted by atomic mass is 16.5. The van der Waals surface area contributed by atoms with Gasteiger partial charge in [-0.05, 0) is 25.8 Å². The highest BCUT2D eigenvalue weighted by Crippen LogP contribution is 2.45. The lowest BCUT2D eigenvalue weighted by atomic mass is 10.1. The lowest BCUT2D eigenvalue weighted by Gasteiger charge is -1.98. The molecule has 4 heteroatoms. The molecule has 0 aliphatic heterocycles. The molecule has 0 atom stereocenters. The van der Waals surface area contributed by atoms with E-state index in [9.17, 15) is 0 Å². The van der Waals surface area contributed by atoms with Crippen LogP contribution >= 0.6 is 0 Å². The SMILES string of the molecule is CCCNCc1nc(C2(C)CC2)no1. The number of hydrogen-bond acceptors (Lipinski definition) is 4. The van der Waals surface area contributed by atoms with E-state index in [1.165, 1.54) is 12.8 Å². The predicted octanol–water partition coefficient (Wildman–Crippen LogP) is 1.62. The van der Waals surface area contributed by atoms with Crippen LogP contribution in [0.4, 0.5) is 0 Å². The molecule has 0 unspecified atom stereocenters. The monoisotopic (exact) mass is 195 g/mol. The summed E-state index contributed by atoms with van der Waals surface area (Å²) >= 11 is 0. The predicted molar refractivity (Wildman–Crippen MR) is 52.9 cm³/mol. The molecule has 1 aliphatic carbocycles. The first-order chi connectivity index (χ1) is 6.74. The lowest BCUT2D eigenvalue weighted by molar-refractivity contribution is 0.360. The largest absolute Gasteiger partial charge is 0.338 e. The summed E-state index contributed by atoms with van der Waals surface area (Å²) in [5.74, 6) is 1.59. The van der Waals surface area contributed by atoms with E-state index >= 15 is 0 Å². The van der Waals surface area contributed by atoms with Crippen molar-refractivity contribution in [2.45, 2.75) is 45.1 Å². The maximum absolute atomic E-state index is 5.15. The zero-order valence-electron chi connectivity index (χ0n) is 8.84. The number of nitrogens with one attached hydrogen (secondary N) is 1. The van der Waals surface area contributed by atoms with Crippen molar-refractivity contribution >= 4 is 0 Å². The van der Waals surface area contributed by atoms with Gasteiger partial charge >= 0.3 is 0 Å². The fourth-order valence-corrected chi connectivity index (χ4v) is 1.36. The van der Waals surface area contributed by atoms with Crippen molar-refractivity contribution in [2.75, 3.05) is 6.54 Å². The minimum absolute atomic E-state index is 0.215. The van der Waals surface area contributed by atoms with Gasteiger partial charge in [-0.25, -0.2) is 0 Å². The van der Waals surface area contributed by atoms with Gasteiger partial charge in [0.05, 0.1) is 6.54 Å². The highest BCUT2D eigenvalue weighted by molar-refractivity contribution is 5.14. The Labute approximate surface area is 84.1 Å². The molecule has 1 N–H and O–H groups in total. The summed E-state index contributed by atoms with van der Waals surface area (Å²) < 4.78 is 5.15. The van der Waals surface area contributed by atoms with E-state index in [1.54, 1.807) is 0 Å². The maximum Gasteiger partial charge on any atom is 0.240 e. The molecule has 0 saturated heterocycles. The molecule has 0 amide bonds. The van der Waals surface area contributed by atoms with Crippen molar-refractivity contribution < 1.29 is 4.52 Å². The second-order valence-electron chi connectivity index (χ2n) is 4.25. The van der Waals surface area contributed by atoms with Crippen molar-refractivity contribution in [1.29, 1.82) is 0 Å². The first-order valence-electron chi connectivity index (χ1n) is 5.28. The number of hydrogen-bond donors (Lipinski definition) is 1. The molecule has 2 rings (SSSR count). The molecule has 1 fully saturated rings. The van der Waals surface area contributed by atoms with Crippen LogP contribution in [0.15, 0.2) is 4.52 Å². The molecule has 1 heterocycles. The van der Waals surface area contributed by atoms with Crippen molar-refractivity contribution in [1.82, 2.24) is 15.5 Å². The number of aromatic nitrogens is 2. The molecule has 0 radical (unpaired) electrons. The van der Waals surface area contributed by atoms with Gasteiger partial charge in [0, 0.05) is 5.41 Å². The van der Waals surface area contributed by atoms with E-state index in [1.807, 2.05) is 0 Å². The Hall–Kier alpha value is -0.900. The Morgan fingerprint density at radius 3 is 2.93 bits per heavy atom. The van der Waals surface area contributed by atoms with Gasteiger partial charge in [-0.2, -0.15) is 4.98 Å². The first kappa shape index (κ1) is 9.65. The molecule has 0 spiro atoms.